The molecule has 0 aliphatic carbocycles. The first-order chi connectivity index (χ1) is 10.4. The summed E-state index contributed by atoms with van der Waals surface area (Å²) in [5, 5.41) is 28.8. The van der Waals surface area contributed by atoms with Gasteiger partial charge >= 0.3 is 0 Å². The summed E-state index contributed by atoms with van der Waals surface area (Å²) in [5.41, 5.74) is 5.15. The standard InChI is InChI=1S/C15H12N4O3/c1-7-3-8(22-2)4-9(13(7)20)12-10(5-16)14(18)19-15(21)11(12)6-17/h3-4,20H,1-2H3,(H3,18,19,21). The zero-order valence-corrected chi connectivity index (χ0v) is 11.9. The van der Waals surface area contributed by atoms with Crippen molar-refractivity contribution < 1.29 is 9.84 Å². The summed E-state index contributed by atoms with van der Waals surface area (Å²) in [7, 11) is 1.44. The number of phenolic OH excluding ortho intramolecular Hbond substituents is 1. The van der Waals surface area contributed by atoms with E-state index in [4.69, 9.17) is 10.5 Å². The van der Waals surface area contributed by atoms with Gasteiger partial charge in [0, 0.05) is 11.1 Å². The summed E-state index contributed by atoms with van der Waals surface area (Å²) in [5.74, 6) is 0.0945. The molecule has 2 aromatic rings. The number of aromatic amines is 1. The van der Waals surface area contributed by atoms with Gasteiger partial charge in [0.1, 0.15) is 40.6 Å². The lowest BCUT2D eigenvalue weighted by molar-refractivity contribution is 0.412. The largest absolute Gasteiger partial charge is 0.507 e. The fraction of sp³-hybridized carbons (Fsp3) is 0.133. The van der Waals surface area contributed by atoms with Gasteiger partial charge in [-0.25, -0.2) is 0 Å². The van der Waals surface area contributed by atoms with Crippen LogP contribution in [0.1, 0.15) is 16.7 Å². The van der Waals surface area contributed by atoms with E-state index >= 15 is 0 Å². The summed E-state index contributed by atoms with van der Waals surface area (Å²) < 4.78 is 5.13. The van der Waals surface area contributed by atoms with Crippen LogP contribution in [0.3, 0.4) is 0 Å². The molecule has 1 heterocycles. The first-order valence-corrected chi connectivity index (χ1v) is 6.18. The highest BCUT2D eigenvalue weighted by molar-refractivity contribution is 5.84. The molecule has 110 valence electrons. The van der Waals surface area contributed by atoms with Crippen LogP contribution in [-0.4, -0.2) is 17.2 Å². The smallest absolute Gasteiger partial charge is 0.268 e. The molecule has 0 aliphatic heterocycles. The number of aromatic hydroxyl groups is 1. The molecule has 0 saturated heterocycles. The van der Waals surface area contributed by atoms with Crippen LogP contribution in [0.2, 0.25) is 0 Å². The number of ether oxygens (including phenoxy) is 1. The van der Waals surface area contributed by atoms with E-state index in [1.54, 1.807) is 19.1 Å². The number of rotatable bonds is 2. The average Bonchev–Trinajstić information content (AvgIpc) is 2.49. The van der Waals surface area contributed by atoms with Crippen LogP contribution in [0.15, 0.2) is 16.9 Å². The number of methoxy groups -OCH3 is 1. The van der Waals surface area contributed by atoms with Gasteiger partial charge in [-0.15, -0.1) is 0 Å². The molecule has 0 bridgehead atoms. The number of anilines is 1. The Hall–Kier alpha value is -3.45. The van der Waals surface area contributed by atoms with Crippen LogP contribution in [0.25, 0.3) is 11.1 Å². The number of aromatic nitrogens is 1. The second-order valence-electron chi connectivity index (χ2n) is 4.56. The third-order valence-electron chi connectivity index (χ3n) is 3.25. The molecule has 7 nitrogen and oxygen atoms in total. The fourth-order valence-corrected chi connectivity index (χ4v) is 2.17. The predicted octanol–water partition coefficient (Wildman–Crippen LogP) is 1.39. The van der Waals surface area contributed by atoms with E-state index in [1.165, 1.54) is 13.2 Å². The second-order valence-corrected chi connectivity index (χ2v) is 4.56. The molecule has 1 aromatic heterocycles. The maximum absolute atomic E-state index is 11.9. The number of pyridine rings is 1. The predicted molar refractivity (Wildman–Crippen MR) is 79.3 cm³/mol. The van der Waals surface area contributed by atoms with Gasteiger partial charge < -0.3 is 20.6 Å². The van der Waals surface area contributed by atoms with E-state index in [1.807, 2.05) is 6.07 Å². The molecule has 4 N–H and O–H groups in total. The topological polar surface area (TPSA) is 136 Å². The minimum atomic E-state index is -0.728. The maximum Gasteiger partial charge on any atom is 0.268 e. The number of H-pyrrole nitrogens is 1. The molecule has 1 aromatic carbocycles. The molecule has 0 radical (unpaired) electrons. The van der Waals surface area contributed by atoms with Crippen molar-refractivity contribution in [2.45, 2.75) is 6.92 Å². The van der Waals surface area contributed by atoms with Crippen LogP contribution in [0.5, 0.6) is 11.5 Å². The molecular weight excluding hydrogens is 284 g/mol. The lowest BCUT2D eigenvalue weighted by Gasteiger charge is -2.13. The highest BCUT2D eigenvalue weighted by Crippen LogP contribution is 2.39. The summed E-state index contributed by atoms with van der Waals surface area (Å²) in [6, 6.07) is 6.63. The minimum absolute atomic E-state index is 0.00856. The molecule has 0 aliphatic rings. The Morgan fingerprint density at radius 1 is 1.27 bits per heavy atom. The Kier molecular flexibility index (Phi) is 3.74. The molecule has 7 heteroatoms. The van der Waals surface area contributed by atoms with E-state index in [2.05, 4.69) is 4.98 Å². The van der Waals surface area contributed by atoms with Crippen LogP contribution >= 0.6 is 0 Å². The number of hydrogen-bond acceptors (Lipinski definition) is 6. The third-order valence-corrected chi connectivity index (χ3v) is 3.25. The zero-order valence-electron chi connectivity index (χ0n) is 11.9. The van der Waals surface area contributed by atoms with Crippen LogP contribution in [0.4, 0.5) is 5.82 Å². The Morgan fingerprint density at radius 3 is 2.45 bits per heavy atom. The van der Waals surface area contributed by atoms with Crippen molar-refractivity contribution >= 4 is 5.82 Å². The fourth-order valence-electron chi connectivity index (χ4n) is 2.17. The van der Waals surface area contributed by atoms with Gasteiger partial charge in [-0.05, 0) is 24.6 Å². The normalized spacial score (nSPS) is 9.82. The Labute approximate surface area is 125 Å². The first-order valence-electron chi connectivity index (χ1n) is 6.18. The molecule has 0 spiro atoms. The van der Waals surface area contributed by atoms with Gasteiger partial charge in [0.15, 0.2) is 0 Å². The molecule has 0 saturated carbocycles. The minimum Gasteiger partial charge on any atom is -0.507 e. The highest BCUT2D eigenvalue weighted by atomic mass is 16.5. The molecule has 0 unspecified atom stereocenters. The molecular formula is C15H12N4O3. The average molecular weight is 296 g/mol. The number of hydrogen-bond donors (Lipinski definition) is 3. The number of nitrogen functional groups attached to an aromatic ring is 1. The van der Waals surface area contributed by atoms with Crippen molar-refractivity contribution in [1.82, 2.24) is 4.98 Å². The molecule has 0 amide bonds. The van der Waals surface area contributed by atoms with Gasteiger partial charge in [0.2, 0.25) is 0 Å². The lowest BCUT2D eigenvalue weighted by Crippen LogP contribution is -2.16. The monoisotopic (exact) mass is 296 g/mol. The van der Waals surface area contributed by atoms with Crippen LogP contribution in [-0.2, 0) is 0 Å². The van der Waals surface area contributed by atoms with Crippen molar-refractivity contribution in [1.29, 1.82) is 10.5 Å². The van der Waals surface area contributed by atoms with E-state index in [-0.39, 0.29) is 33.8 Å². The number of nitrogens with two attached hydrogens (primary N) is 1. The lowest BCUT2D eigenvalue weighted by atomic mass is 9.94. The highest BCUT2D eigenvalue weighted by Gasteiger charge is 2.22. The first kappa shape index (κ1) is 14.9. The number of benzene rings is 1. The van der Waals surface area contributed by atoms with Gasteiger partial charge in [-0.1, -0.05) is 0 Å². The van der Waals surface area contributed by atoms with Gasteiger partial charge in [0.25, 0.3) is 5.56 Å². The number of nitriles is 2. The van der Waals surface area contributed by atoms with E-state index in [0.717, 1.165) is 0 Å². The number of nitrogens with zero attached hydrogens (tertiary/aromatic N) is 2. The maximum atomic E-state index is 11.9. The van der Waals surface area contributed by atoms with Crippen LogP contribution < -0.4 is 16.0 Å². The van der Waals surface area contributed by atoms with E-state index in [9.17, 15) is 20.4 Å². The molecule has 22 heavy (non-hydrogen) atoms. The van der Waals surface area contributed by atoms with Crippen molar-refractivity contribution in [2.24, 2.45) is 0 Å². The van der Waals surface area contributed by atoms with Gasteiger partial charge in [-0.3, -0.25) is 4.79 Å². The number of phenols is 1. The van der Waals surface area contributed by atoms with Crippen molar-refractivity contribution in [3.8, 4) is 34.8 Å². The Balaban J connectivity index is 3.02. The van der Waals surface area contributed by atoms with Gasteiger partial charge in [-0.2, -0.15) is 10.5 Å². The quantitative estimate of drug-likeness (QED) is 0.766. The van der Waals surface area contributed by atoms with Gasteiger partial charge in [0.05, 0.1) is 7.11 Å². The van der Waals surface area contributed by atoms with Crippen LogP contribution in [0, 0.1) is 29.6 Å². The zero-order chi connectivity index (χ0) is 16.4. The van der Waals surface area contributed by atoms with Crippen molar-refractivity contribution in [2.75, 3.05) is 12.8 Å². The van der Waals surface area contributed by atoms with E-state index in [0.29, 0.717) is 11.3 Å². The van der Waals surface area contributed by atoms with E-state index < -0.39 is 5.56 Å². The summed E-state index contributed by atoms with van der Waals surface area (Å²) in [4.78, 5) is 14.2. The summed E-state index contributed by atoms with van der Waals surface area (Å²) >= 11 is 0. The van der Waals surface area contributed by atoms with Crippen molar-refractivity contribution in [3.63, 3.8) is 0 Å². The Bertz CT molecular complexity index is 901. The molecule has 0 fully saturated rings. The number of aryl methyl sites for hydroxylation is 1. The third kappa shape index (κ3) is 2.21. The molecule has 0 atom stereocenters. The molecule has 2 rings (SSSR count). The number of nitrogens with one attached hydrogen (secondary N) is 1. The second kappa shape index (κ2) is 5.51. The SMILES string of the molecule is COc1cc(C)c(O)c(-c2c(C#N)c(N)[nH]c(=O)c2C#N)c1. The Morgan fingerprint density at radius 2 is 1.91 bits per heavy atom. The summed E-state index contributed by atoms with van der Waals surface area (Å²) in [6.07, 6.45) is 0. The summed E-state index contributed by atoms with van der Waals surface area (Å²) in [6.45, 7) is 1.63. The van der Waals surface area contributed by atoms with Crippen molar-refractivity contribution in [3.05, 3.63) is 39.2 Å².